The number of nitro benzene ring substituents is 1. The highest BCUT2D eigenvalue weighted by Crippen LogP contribution is 2.14. The molecular formula is C13H13N5O3S. The number of hydrogen-bond donors (Lipinski definition) is 1. The van der Waals surface area contributed by atoms with Crippen LogP contribution in [0.1, 0.15) is 11.4 Å². The molecule has 0 atom stereocenters. The maximum absolute atomic E-state index is 11.9. The minimum atomic E-state index is -0.483. The summed E-state index contributed by atoms with van der Waals surface area (Å²) in [4.78, 5) is 22.1. The fourth-order valence-electron chi connectivity index (χ4n) is 1.67. The number of rotatable bonds is 5. The van der Waals surface area contributed by atoms with Crippen LogP contribution in [0.25, 0.3) is 6.08 Å². The lowest BCUT2D eigenvalue weighted by molar-refractivity contribution is -0.384. The quantitative estimate of drug-likeness (QED) is 0.391. The lowest BCUT2D eigenvalue weighted by Crippen LogP contribution is -2.22. The highest BCUT2D eigenvalue weighted by atomic mass is 32.2. The number of non-ortho nitro benzene ring substituents is 1. The maximum Gasteiger partial charge on any atom is 0.270 e. The number of aryl methyl sites for hydroxylation is 1. The van der Waals surface area contributed by atoms with Gasteiger partial charge in [0.25, 0.3) is 11.6 Å². The molecular weight excluding hydrogens is 306 g/mol. The van der Waals surface area contributed by atoms with Gasteiger partial charge in [-0.25, -0.2) is 4.68 Å². The monoisotopic (exact) mass is 319 g/mol. The summed E-state index contributed by atoms with van der Waals surface area (Å²) in [6.45, 7) is 1.72. The molecule has 0 unspecified atom stereocenters. The van der Waals surface area contributed by atoms with E-state index >= 15 is 0 Å². The number of amides is 1. The molecule has 114 valence electrons. The summed E-state index contributed by atoms with van der Waals surface area (Å²) in [5.41, 5.74) is 3.17. The van der Waals surface area contributed by atoms with Crippen LogP contribution in [-0.2, 0) is 4.79 Å². The molecule has 1 heterocycles. The van der Waals surface area contributed by atoms with Crippen molar-refractivity contribution in [2.75, 3.05) is 11.7 Å². The van der Waals surface area contributed by atoms with E-state index in [0.29, 0.717) is 16.5 Å². The third kappa shape index (κ3) is 3.70. The number of carbonyl (C=O) groups excluding carboxylic acids is 1. The van der Waals surface area contributed by atoms with E-state index in [2.05, 4.69) is 15.6 Å². The second kappa shape index (κ2) is 6.85. The summed E-state index contributed by atoms with van der Waals surface area (Å²) >= 11 is 1.35. The van der Waals surface area contributed by atoms with E-state index in [9.17, 15) is 14.9 Å². The van der Waals surface area contributed by atoms with Crippen molar-refractivity contribution in [3.63, 3.8) is 0 Å². The predicted molar refractivity (Wildman–Crippen MR) is 83.0 cm³/mol. The summed E-state index contributed by atoms with van der Waals surface area (Å²) in [7, 11) is 0. The average molecular weight is 319 g/mol. The summed E-state index contributed by atoms with van der Waals surface area (Å²) in [6.07, 6.45) is 4.62. The number of aromatic nitrogens is 3. The van der Waals surface area contributed by atoms with Gasteiger partial charge < -0.3 is 0 Å². The lowest BCUT2D eigenvalue weighted by Gasteiger charge is -2.06. The van der Waals surface area contributed by atoms with Gasteiger partial charge in [0.15, 0.2) is 0 Å². The molecule has 0 saturated heterocycles. The number of carbonyl (C=O) groups is 1. The molecule has 0 bridgehead atoms. The van der Waals surface area contributed by atoms with Crippen molar-refractivity contribution in [3.8, 4) is 0 Å². The van der Waals surface area contributed by atoms with Gasteiger partial charge in [-0.05, 0) is 24.8 Å². The molecule has 0 aliphatic rings. The largest absolute Gasteiger partial charge is 0.270 e. The van der Waals surface area contributed by atoms with E-state index < -0.39 is 4.92 Å². The zero-order chi connectivity index (χ0) is 16.1. The van der Waals surface area contributed by atoms with Crippen LogP contribution in [0.5, 0.6) is 0 Å². The molecule has 1 N–H and O–H groups in total. The van der Waals surface area contributed by atoms with Gasteiger partial charge >= 0.3 is 0 Å². The molecule has 0 fully saturated rings. The molecule has 2 rings (SSSR count). The smallest absolute Gasteiger partial charge is 0.268 e. The van der Waals surface area contributed by atoms with Gasteiger partial charge in [-0.1, -0.05) is 23.9 Å². The summed E-state index contributed by atoms with van der Waals surface area (Å²) < 4.78 is 1.48. The van der Waals surface area contributed by atoms with Gasteiger partial charge in [0, 0.05) is 18.2 Å². The van der Waals surface area contributed by atoms with Crippen LogP contribution in [-0.4, -0.2) is 32.0 Å². The molecule has 0 radical (unpaired) electrons. The standard InChI is InChI=1S/C13H13N5O3S/c1-9-14-15-13(22-2)17(9)16-12(19)7-6-10-4-3-5-11(8-10)18(20)21/h3-8H,1-2H3,(H,16,19). The van der Waals surface area contributed by atoms with E-state index in [4.69, 9.17) is 0 Å². The predicted octanol–water partition coefficient (Wildman–Crippen LogP) is 2.00. The number of nitrogens with one attached hydrogen (secondary N) is 1. The molecule has 8 nitrogen and oxygen atoms in total. The zero-order valence-electron chi connectivity index (χ0n) is 11.9. The first-order valence-electron chi connectivity index (χ1n) is 6.21. The molecule has 0 aliphatic heterocycles. The van der Waals surface area contributed by atoms with E-state index in [-0.39, 0.29) is 11.6 Å². The third-order valence-corrected chi connectivity index (χ3v) is 3.34. The Balaban J connectivity index is 2.10. The summed E-state index contributed by atoms with van der Waals surface area (Å²) in [5.74, 6) is 0.172. The second-order valence-corrected chi connectivity index (χ2v) is 5.00. The Labute approximate surface area is 130 Å². The Kier molecular flexibility index (Phi) is 4.89. The Morgan fingerprint density at radius 3 is 2.91 bits per heavy atom. The van der Waals surface area contributed by atoms with Crippen LogP contribution >= 0.6 is 11.8 Å². The normalized spacial score (nSPS) is 10.8. The van der Waals surface area contributed by atoms with Gasteiger partial charge in [0.05, 0.1) is 4.92 Å². The van der Waals surface area contributed by atoms with Crippen molar-refractivity contribution in [1.82, 2.24) is 14.9 Å². The first-order chi connectivity index (χ1) is 10.5. The molecule has 1 aromatic heterocycles. The minimum absolute atomic E-state index is 0.0260. The maximum atomic E-state index is 11.9. The van der Waals surface area contributed by atoms with Gasteiger partial charge in [0.2, 0.25) is 5.16 Å². The first kappa shape index (κ1) is 15.7. The fraction of sp³-hybridized carbons (Fsp3) is 0.154. The van der Waals surface area contributed by atoms with Crippen molar-refractivity contribution < 1.29 is 9.72 Å². The van der Waals surface area contributed by atoms with Gasteiger partial charge in [0.1, 0.15) is 5.82 Å². The van der Waals surface area contributed by atoms with Gasteiger partial charge in [-0.3, -0.25) is 20.3 Å². The Bertz CT molecular complexity index is 741. The SMILES string of the molecule is CSc1nnc(C)n1NC(=O)C=Cc1cccc([N+](=O)[O-])c1. The Morgan fingerprint density at radius 2 is 2.23 bits per heavy atom. The van der Waals surface area contributed by atoms with Crippen LogP contribution in [0.15, 0.2) is 35.5 Å². The Hall–Kier alpha value is -2.68. The van der Waals surface area contributed by atoms with Crippen molar-refractivity contribution in [1.29, 1.82) is 0 Å². The van der Waals surface area contributed by atoms with Crippen molar-refractivity contribution in [2.24, 2.45) is 0 Å². The molecule has 0 aliphatic carbocycles. The van der Waals surface area contributed by atoms with Gasteiger partial charge in [-0.2, -0.15) is 0 Å². The molecule has 1 amide bonds. The van der Waals surface area contributed by atoms with Crippen molar-refractivity contribution >= 4 is 29.4 Å². The van der Waals surface area contributed by atoms with E-state index in [1.807, 2.05) is 6.26 Å². The highest BCUT2D eigenvalue weighted by molar-refractivity contribution is 7.98. The number of hydrogen-bond acceptors (Lipinski definition) is 6. The van der Waals surface area contributed by atoms with Gasteiger partial charge in [-0.15, -0.1) is 10.2 Å². The average Bonchev–Trinajstić information content (AvgIpc) is 2.86. The number of nitrogens with zero attached hydrogens (tertiary/aromatic N) is 4. The second-order valence-electron chi connectivity index (χ2n) is 4.23. The van der Waals surface area contributed by atoms with Crippen molar-refractivity contribution in [2.45, 2.75) is 12.1 Å². The van der Waals surface area contributed by atoms with E-state index in [1.165, 1.54) is 40.7 Å². The van der Waals surface area contributed by atoms with Crippen molar-refractivity contribution in [3.05, 3.63) is 51.8 Å². The lowest BCUT2D eigenvalue weighted by atomic mass is 10.2. The van der Waals surface area contributed by atoms with Crippen LogP contribution in [0.4, 0.5) is 5.69 Å². The zero-order valence-corrected chi connectivity index (χ0v) is 12.7. The van der Waals surface area contributed by atoms with E-state index in [0.717, 1.165) is 0 Å². The third-order valence-electron chi connectivity index (χ3n) is 2.71. The number of nitro groups is 1. The van der Waals surface area contributed by atoms with Crippen LogP contribution in [0, 0.1) is 17.0 Å². The molecule has 2 aromatic rings. The van der Waals surface area contributed by atoms with E-state index in [1.54, 1.807) is 19.1 Å². The minimum Gasteiger partial charge on any atom is -0.268 e. The molecule has 1 aromatic carbocycles. The number of thioether (sulfide) groups is 1. The Morgan fingerprint density at radius 1 is 1.45 bits per heavy atom. The van der Waals surface area contributed by atoms with Crippen LogP contribution in [0.3, 0.4) is 0 Å². The molecule has 22 heavy (non-hydrogen) atoms. The fourth-order valence-corrected chi connectivity index (χ4v) is 2.15. The molecule has 0 spiro atoms. The number of benzene rings is 1. The van der Waals surface area contributed by atoms with Crippen LogP contribution < -0.4 is 5.43 Å². The topological polar surface area (TPSA) is 103 Å². The highest BCUT2D eigenvalue weighted by Gasteiger charge is 2.09. The molecule has 9 heteroatoms. The molecule has 0 saturated carbocycles. The summed E-state index contributed by atoms with van der Waals surface area (Å²) in [5, 5.41) is 19.0. The van der Waals surface area contributed by atoms with Crippen LogP contribution in [0.2, 0.25) is 0 Å². The first-order valence-corrected chi connectivity index (χ1v) is 7.43. The summed E-state index contributed by atoms with van der Waals surface area (Å²) in [6, 6.07) is 6.02.